The van der Waals surface area contributed by atoms with Gasteiger partial charge < -0.3 is 5.11 Å². The van der Waals surface area contributed by atoms with E-state index in [9.17, 15) is 14.4 Å². The largest absolute Gasteiger partial charge is 0.481 e. The molecule has 0 aromatic rings. The van der Waals surface area contributed by atoms with Crippen molar-refractivity contribution in [3.05, 3.63) is 11.1 Å². The highest BCUT2D eigenvalue weighted by Crippen LogP contribution is 2.20. The number of carboxylic acids is 1. The van der Waals surface area contributed by atoms with Gasteiger partial charge in [0.25, 0.3) is 11.8 Å². The van der Waals surface area contributed by atoms with Gasteiger partial charge in [-0.15, -0.1) is 0 Å². The Kier molecular flexibility index (Phi) is 2.18. The van der Waals surface area contributed by atoms with Gasteiger partial charge in [0.2, 0.25) is 0 Å². The molecule has 0 bridgehead atoms. The Morgan fingerprint density at radius 1 is 1.38 bits per heavy atom. The molecule has 0 aromatic heterocycles. The van der Waals surface area contributed by atoms with Crippen molar-refractivity contribution < 1.29 is 19.5 Å². The predicted molar refractivity (Wildman–Crippen MR) is 42.6 cm³/mol. The lowest BCUT2D eigenvalue weighted by Gasteiger charge is -2.04. The summed E-state index contributed by atoms with van der Waals surface area (Å²) < 4.78 is 0. The molecular formula is C8H9NO4. The summed E-state index contributed by atoms with van der Waals surface area (Å²) in [5, 5.41) is 10.7. The second-order valence-electron chi connectivity index (χ2n) is 2.88. The standard InChI is InChI=1S/C8H9NO4/c1-3-5(4(2)8(12)13)7(11)9-6(3)10/h4H,1-2H3,(H,12,13)(H,9,10,11). The highest BCUT2D eigenvalue weighted by atomic mass is 16.4. The molecular weight excluding hydrogens is 174 g/mol. The molecule has 0 radical (unpaired) electrons. The minimum atomic E-state index is -1.11. The van der Waals surface area contributed by atoms with Crippen LogP contribution in [0.1, 0.15) is 13.8 Å². The molecule has 1 heterocycles. The maximum Gasteiger partial charge on any atom is 0.310 e. The molecule has 0 aromatic carbocycles. The predicted octanol–water partition coefficient (Wildman–Crippen LogP) is -0.320. The van der Waals surface area contributed by atoms with Gasteiger partial charge in [-0.1, -0.05) is 0 Å². The maximum absolute atomic E-state index is 11.1. The number of amides is 2. The Labute approximate surface area is 74.4 Å². The van der Waals surface area contributed by atoms with E-state index in [4.69, 9.17) is 5.11 Å². The van der Waals surface area contributed by atoms with Gasteiger partial charge >= 0.3 is 5.97 Å². The zero-order chi connectivity index (χ0) is 10.2. The van der Waals surface area contributed by atoms with Crippen molar-refractivity contribution in [2.24, 2.45) is 5.92 Å². The van der Waals surface area contributed by atoms with E-state index in [1.165, 1.54) is 13.8 Å². The number of aliphatic carboxylic acids is 1. The molecule has 0 saturated heterocycles. The third kappa shape index (κ3) is 1.44. The summed E-state index contributed by atoms with van der Waals surface area (Å²) >= 11 is 0. The first-order valence-corrected chi connectivity index (χ1v) is 3.74. The molecule has 1 unspecified atom stereocenters. The molecule has 5 heteroatoms. The normalized spacial score (nSPS) is 18.9. The van der Waals surface area contributed by atoms with Crippen LogP contribution in [-0.2, 0) is 14.4 Å². The van der Waals surface area contributed by atoms with Gasteiger partial charge in [-0.05, 0) is 13.8 Å². The minimum absolute atomic E-state index is 0.0532. The lowest BCUT2D eigenvalue weighted by atomic mass is 9.98. The molecule has 13 heavy (non-hydrogen) atoms. The van der Waals surface area contributed by atoms with Crippen LogP contribution in [0.25, 0.3) is 0 Å². The van der Waals surface area contributed by atoms with E-state index in [0.29, 0.717) is 0 Å². The third-order valence-corrected chi connectivity index (χ3v) is 2.02. The number of hydrogen-bond donors (Lipinski definition) is 2. The summed E-state index contributed by atoms with van der Waals surface area (Å²) in [6.07, 6.45) is 0. The van der Waals surface area contributed by atoms with Crippen molar-refractivity contribution in [1.82, 2.24) is 5.32 Å². The summed E-state index contributed by atoms with van der Waals surface area (Å²) in [6, 6.07) is 0. The molecule has 5 nitrogen and oxygen atoms in total. The monoisotopic (exact) mass is 183 g/mol. The molecule has 2 amide bonds. The molecule has 1 aliphatic rings. The van der Waals surface area contributed by atoms with Gasteiger partial charge in [-0.25, -0.2) is 0 Å². The molecule has 1 aliphatic heterocycles. The van der Waals surface area contributed by atoms with Crippen LogP contribution in [0.15, 0.2) is 11.1 Å². The zero-order valence-electron chi connectivity index (χ0n) is 7.25. The number of carbonyl (C=O) groups excluding carboxylic acids is 2. The fraction of sp³-hybridized carbons (Fsp3) is 0.375. The van der Waals surface area contributed by atoms with E-state index in [-0.39, 0.29) is 11.1 Å². The Hall–Kier alpha value is -1.65. The lowest BCUT2D eigenvalue weighted by molar-refractivity contribution is -0.141. The van der Waals surface area contributed by atoms with Crippen molar-refractivity contribution >= 4 is 17.8 Å². The van der Waals surface area contributed by atoms with Crippen LogP contribution >= 0.6 is 0 Å². The third-order valence-electron chi connectivity index (χ3n) is 2.02. The first-order valence-electron chi connectivity index (χ1n) is 3.74. The van der Waals surface area contributed by atoms with E-state index < -0.39 is 23.7 Å². The number of rotatable bonds is 2. The quantitative estimate of drug-likeness (QED) is 0.574. The Bertz CT molecular complexity index is 329. The molecule has 0 saturated carbocycles. The summed E-state index contributed by atoms with van der Waals surface area (Å²) in [4.78, 5) is 32.6. The Morgan fingerprint density at radius 2 is 1.92 bits per heavy atom. The number of imide groups is 1. The summed E-state index contributed by atoms with van der Waals surface area (Å²) in [6.45, 7) is 2.81. The van der Waals surface area contributed by atoms with Gasteiger partial charge in [-0.3, -0.25) is 19.7 Å². The van der Waals surface area contributed by atoms with E-state index in [1.54, 1.807) is 0 Å². The minimum Gasteiger partial charge on any atom is -0.481 e. The topological polar surface area (TPSA) is 83.5 Å². The van der Waals surface area contributed by atoms with Crippen LogP contribution in [0.4, 0.5) is 0 Å². The summed E-state index contributed by atoms with van der Waals surface area (Å²) in [5.74, 6) is -3.16. The fourth-order valence-electron chi connectivity index (χ4n) is 1.20. The van der Waals surface area contributed by atoms with E-state index in [2.05, 4.69) is 0 Å². The molecule has 0 aliphatic carbocycles. The van der Waals surface area contributed by atoms with E-state index in [1.807, 2.05) is 5.32 Å². The first kappa shape index (κ1) is 9.44. The van der Waals surface area contributed by atoms with E-state index in [0.717, 1.165) is 0 Å². The average molecular weight is 183 g/mol. The Balaban J connectivity index is 3.09. The SMILES string of the molecule is CC1=C(C(C)C(=O)O)C(=O)NC1=O. The van der Waals surface area contributed by atoms with Crippen LogP contribution in [0.5, 0.6) is 0 Å². The van der Waals surface area contributed by atoms with Gasteiger partial charge in [0.15, 0.2) is 0 Å². The van der Waals surface area contributed by atoms with Crippen molar-refractivity contribution in [1.29, 1.82) is 0 Å². The van der Waals surface area contributed by atoms with Crippen molar-refractivity contribution in [3.63, 3.8) is 0 Å². The second kappa shape index (κ2) is 3.01. The molecule has 70 valence electrons. The lowest BCUT2D eigenvalue weighted by Crippen LogP contribution is -2.25. The van der Waals surface area contributed by atoms with Crippen molar-refractivity contribution in [2.45, 2.75) is 13.8 Å². The van der Waals surface area contributed by atoms with Crippen molar-refractivity contribution in [3.8, 4) is 0 Å². The van der Waals surface area contributed by atoms with Gasteiger partial charge in [0.05, 0.1) is 5.92 Å². The van der Waals surface area contributed by atoms with E-state index >= 15 is 0 Å². The summed E-state index contributed by atoms with van der Waals surface area (Å²) in [5.41, 5.74) is 0.248. The van der Waals surface area contributed by atoms with Crippen molar-refractivity contribution in [2.75, 3.05) is 0 Å². The highest BCUT2D eigenvalue weighted by molar-refractivity contribution is 6.20. The number of hydrogen-bond acceptors (Lipinski definition) is 3. The van der Waals surface area contributed by atoms with Gasteiger partial charge in [0, 0.05) is 11.1 Å². The maximum atomic E-state index is 11.1. The number of carbonyl (C=O) groups is 3. The van der Waals surface area contributed by atoms with Gasteiger partial charge in [-0.2, -0.15) is 0 Å². The smallest absolute Gasteiger partial charge is 0.310 e. The van der Waals surface area contributed by atoms with Crippen LogP contribution < -0.4 is 5.32 Å². The first-order chi connectivity index (χ1) is 5.95. The molecule has 1 atom stereocenters. The van der Waals surface area contributed by atoms with Crippen LogP contribution in [0, 0.1) is 5.92 Å². The molecule has 0 fully saturated rings. The fourth-order valence-corrected chi connectivity index (χ4v) is 1.20. The summed E-state index contributed by atoms with van der Waals surface area (Å²) in [7, 11) is 0. The Morgan fingerprint density at radius 3 is 2.23 bits per heavy atom. The average Bonchev–Trinajstić information content (AvgIpc) is 2.26. The van der Waals surface area contributed by atoms with Crippen LogP contribution in [-0.4, -0.2) is 22.9 Å². The highest BCUT2D eigenvalue weighted by Gasteiger charge is 2.33. The zero-order valence-corrected chi connectivity index (χ0v) is 7.25. The molecule has 0 spiro atoms. The number of nitrogens with one attached hydrogen (secondary N) is 1. The van der Waals surface area contributed by atoms with Crippen LogP contribution in [0.2, 0.25) is 0 Å². The molecule has 1 rings (SSSR count). The van der Waals surface area contributed by atoms with Crippen LogP contribution in [0.3, 0.4) is 0 Å². The van der Waals surface area contributed by atoms with Gasteiger partial charge in [0.1, 0.15) is 0 Å². The molecule has 2 N–H and O–H groups in total. The second-order valence-corrected chi connectivity index (χ2v) is 2.88. The number of carboxylic acid groups (broad SMARTS) is 1.